The standard InChI is InChI=1S/C17H20FNO5S3/c1-2-24-15-6-5-13(12-14(15)18)27(22,23)19-8-7-17(16-4-3-10-25-16)26(20,21)11-9-19/h3-6,10,12,17H,2,7-9,11H2,1H3/t17-/m1/s1. The molecular weight excluding hydrogens is 413 g/mol. The van der Waals surface area contributed by atoms with Crippen molar-refractivity contribution < 1.29 is 26.0 Å². The molecular formula is C17H20FNO5S3. The first-order chi connectivity index (χ1) is 12.8. The third-order valence-electron chi connectivity index (χ3n) is 4.40. The monoisotopic (exact) mass is 433 g/mol. The van der Waals surface area contributed by atoms with Gasteiger partial charge in [-0.15, -0.1) is 11.3 Å². The highest BCUT2D eigenvalue weighted by Crippen LogP contribution is 2.34. The molecule has 0 bridgehead atoms. The lowest BCUT2D eigenvalue weighted by Crippen LogP contribution is -2.33. The van der Waals surface area contributed by atoms with Crippen LogP contribution in [0.4, 0.5) is 4.39 Å². The second kappa shape index (κ2) is 7.86. The molecule has 6 nitrogen and oxygen atoms in total. The highest BCUT2D eigenvalue weighted by atomic mass is 32.2. The molecule has 0 N–H and O–H groups in total. The topological polar surface area (TPSA) is 80.8 Å². The summed E-state index contributed by atoms with van der Waals surface area (Å²) in [7, 11) is -7.48. The molecule has 1 saturated heterocycles. The molecule has 0 radical (unpaired) electrons. The predicted molar refractivity (Wildman–Crippen MR) is 102 cm³/mol. The first-order valence-corrected chi connectivity index (χ1v) is 12.5. The maximum Gasteiger partial charge on any atom is 0.243 e. The molecule has 1 aromatic heterocycles. The van der Waals surface area contributed by atoms with Gasteiger partial charge in [0.15, 0.2) is 21.4 Å². The Labute approximate surface area is 162 Å². The molecule has 10 heteroatoms. The van der Waals surface area contributed by atoms with E-state index in [4.69, 9.17) is 4.74 Å². The Morgan fingerprint density at radius 3 is 2.70 bits per heavy atom. The van der Waals surface area contributed by atoms with Gasteiger partial charge in [-0.1, -0.05) is 6.07 Å². The largest absolute Gasteiger partial charge is 0.491 e. The number of thiophene rings is 1. The first kappa shape index (κ1) is 20.2. The zero-order chi connectivity index (χ0) is 19.7. The van der Waals surface area contributed by atoms with Gasteiger partial charge in [-0.2, -0.15) is 4.31 Å². The minimum absolute atomic E-state index is 0.0207. The molecule has 27 heavy (non-hydrogen) atoms. The van der Waals surface area contributed by atoms with Crippen molar-refractivity contribution in [3.8, 4) is 5.75 Å². The summed E-state index contributed by atoms with van der Waals surface area (Å²) in [6, 6.07) is 6.99. The van der Waals surface area contributed by atoms with Gasteiger partial charge in [0.1, 0.15) is 0 Å². The summed E-state index contributed by atoms with van der Waals surface area (Å²) >= 11 is 1.34. The van der Waals surface area contributed by atoms with Crippen LogP contribution in [0.1, 0.15) is 23.5 Å². The molecule has 1 atom stereocenters. The maximum atomic E-state index is 14.1. The van der Waals surface area contributed by atoms with Crippen LogP contribution in [0.2, 0.25) is 0 Å². The van der Waals surface area contributed by atoms with Crippen LogP contribution in [-0.4, -0.2) is 46.6 Å². The highest BCUT2D eigenvalue weighted by molar-refractivity contribution is 7.92. The van der Waals surface area contributed by atoms with Gasteiger partial charge in [-0.3, -0.25) is 0 Å². The zero-order valence-corrected chi connectivity index (χ0v) is 17.1. The van der Waals surface area contributed by atoms with Gasteiger partial charge < -0.3 is 4.74 Å². The van der Waals surface area contributed by atoms with Crippen molar-refractivity contribution in [3.63, 3.8) is 0 Å². The van der Waals surface area contributed by atoms with Gasteiger partial charge in [-0.05, 0) is 43.0 Å². The second-order valence-corrected chi connectivity index (χ2v) is 11.3. The number of rotatable bonds is 5. The van der Waals surface area contributed by atoms with Crippen molar-refractivity contribution in [2.75, 3.05) is 25.4 Å². The number of sulfone groups is 1. The van der Waals surface area contributed by atoms with Crippen LogP contribution < -0.4 is 4.74 Å². The Morgan fingerprint density at radius 1 is 1.30 bits per heavy atom. The number of nitrogens with zero attached hydrogens (tertiary/aromatic N) is 1. The van der Waals surface area contributed by atoms with Gasteiger partial charge in [0.05, 0.1) is 22.5 Å². The lowest BCUT2D eigenvalue weighted by Gasteiger charge is -2.20. The molecule has 0 saturated carbocycles. The third kappa shape index (κ3) is 4.18. The van der Waals surface area contributed by atoms with E-state index in [9.17, 15) is 21.2 Å². The third-order valence-corrected chi connectivity index (χ3v) is 9.54. The van der Waals surface area contributed by atoms with E-state index in [1.807, 2.05) is 0 Å². The summed E-state index contributed by atoms with van der Waals surface area (Å²) in [6.07, 6.45) is 0.168. The van der Waals surface area contributed by atoms with Crippen LogP contribution in [0.5, 0.6) is 5.75 Å². The van der Waals surface area contributed by atoms with Crippen molar-refractivity contribution in [3.05, 3.63) is 46.4 Å². The van der Waals surface area contributed by atoms with Crippen molar-refractivity contribution in [2.45, 2.75) is 23.5 Å². The smallest absolute Gasteiger partial charge is 0.243 e. The van der Waals surface area contributed by atoms with E-state index in [1.165, 1.54) is 23.5 Å². The number of halogens is 1. The number of sulfonamides is 1. The Hall–Kier alpha value is -1.49. The number of hydrogen-bond acceptors (Lipinski definition) is 6. The Balaban J connectivity index is 1.87. The predicted octanol–water partition coefficient (Wildman–Crippen LogP) is 2.84. The van der Waals surface area contributed by atoms with E-state index in [0.29, 0.717) is 4.88 Å². The average molecular weight is 434 g/mol. The van der Waals surface area contributed by atoms with Crippen LogP contribution in [-0.2, 0) is 19.9 Å². The molecule has 2 heterocycles. The van der Waals surface area contributed by atoms with Crippen LogP contribution >= 0.6 is 11.3 Å². The Bertz CT molecular complexity index is 1000. The molecule has 2 aromatic rings. The lowest BCUT2D eigenvalue weighted by molar-refractivity contribution is 0.321. The van der Waals surface area contributed by atoms with Gasteiger partial charge in [0, 0.05) is 18.0 Å². The van der Waals surface area contributed by atoms with Crippen molar-refractivity contribution in [1.82, 2.24) is 4.31 Å². The fourth-order valence-corrected chi connectivity index (χ4v) is 7.61. The molecule has 148 valence electrons. The van der Waals surface area contributed by atoms with E-state index >= 15 is 0 Å². The van der Waals surface area contributed by atoms with Crippen LogP contribution in [0.3, 0.4) is 0 Å². The van der Waals surface area contributed by atoms with Crippen molar-refractivity contribution in [2.24, 2.45) is 0 Å². The molecule has 1 aliphatic heterocycles. The average Bonchev–Trinajstić information content (AvgIpc) is 3.07. The first-order valence-electron chi connectivity index (χ1n) is 8.43. The van der Waals surface area contributed by atoms with Crippen molar-refractivity contribution in [1.29, 1.82) is 0 Å². The number of benzene rings is 1. The summed E-state index contributed by atoms with van der Waals surface area (Å²) in [5, 5.41) is 1.09. The fourth-order valence-electron chi connectivity index (χ4n) is 3.02. The Kier molecular flexibility index (Phi) is 5.90. The summed E-state index contributed by atoms with van der Waals surface area (Å²) in [6.45, 7) is 1.86. The second-order valence-electron chi connectivity index (χ2n) is 6.09. The lowest BCUT2D eigenvalue weighted by atomic mass is 10.2. The molecule has 0 unspecified atom stereocenters. The minimum atomic E-state index is -4.01. The zero-order valence-electron chi connectivity index (χ0n) is 14.7. The van der Waals surface area contributed by atoms with E-state index in [2.05, 4.69) is 0 Å². The minimum Gasteiger partial charge on any atom is -0.491 e. The molecule has 0 spiro atoms. The van der Waals surface area contributed by atoms with E-state index in [-0.39, 0.29) is 42.5 Å². The van der Waals surface area contributed by atoms with E-state index < -0.39 is 30.9 Å². The van der Waals surface area contributed by atoms with Gasteiger partial charge >= 0.3 is 0 Å². The molecule has 1 fully saturated rings. The van der Waals surface area contributed by atoms with Gasteiger partial charge in [0.25, 0.3) is 0 Å². The summed E-state index contributed by atoms with van der Waals surface area (Å²) in [5.41, 5.74) is 0. The molecule has 0 aliphatic carbocycles. The van der Waals surface area contributed by atoms with Crippen molar-refractivity contribution >= 4 is 31.2 Å². The summed E-state index contributed by atoms with van der Waals surface area (Å²) < 4.78 is 71.3. The normalized spacial score (nSPS) is 20.9. The SMILES string of the molecule is CCOc1ccc(S(=O)(=O)N2CC[C@H](c3cccs3)S(=O)(=O)CC2)cc1F. The Morgan fingerprint density at radius 2 is 2.07 bits per heavy atom. The van der Waals surface area contributed by atoms with Crippen LogP contribution in [0.25, 0.3) is 0 Å². The van der Waals surface area contributed by atoms with E-state index in [0.717, 1.165) is 10.4 Å². The fraction of sp³-hybridized carbons (Fsp3) is 0.412. The van der Waals surface area contributed by atoms with Gasteiger partial charge in [0.2, 0.25) is 10.0 Å². The van der Waals surface area contributed by atoms with Crippen LogP contribution in [0.15, 0.2) is 40.6 Å². The number of hydrogen-bond donors (Lipinski definition) is 0. The summed E-state index contributed by atoms with van der Waals surface area (Å²) in [4.78, 5) is 0.497. The summed E-state index contributed by atoms with van der Waals surface area (Å²) in [5.74, 6) is -1.06. The quantitative estimate of drug-likeness (QED) is 0.724. The number of ether oxygens (including phenoxy) is 1. The van der Waals surface area contributed by atoms with Crippen LogP contribution in [0, 0.1) is 5.82 Å². The highest BCUT2D eigenvalue weighted by Gasteiger charge is 2.36. The molecule has 0 amide bonds. The van der Waals surface area contributed by atoms with Gasteiger partial charge in [-0.25, -0.2) is 21.2 Å². The molecule has 1 aliphatic rings. The maximum absolute atomic E-state index is 14.1. The van der Waals surface area contributed by atoms with E-state index in [1.54, 1.807) is 24.4 Å². The molecule has 3 rings (SSSR count). The molecule has 1 aromatic carbocycles.